The summed E-state index contributed by atoms with van der Waals surface area (Å²) in [5, 5.41) is 19.4. The van der Waals surface area contributed by atoms with Crippen LogP contribution in [0.15, 0.2) is 42.6 Å². The third-order valence-electron chi connectivity index (χ3n) is 8.52. The van der Waals surface area contributed by atoms with E-state index in [0.717, 1.165) is 23.6 Å². The number of rotatable bonds is 9. The SMILES string of the molecule is CC(C)(C)OC(=O)[C@H]1[C@H]2Cc3cc(OCc4cc(-c5ccc(OCC6CC(O)(CO)C6)cc5Cl)c(F)cc4F)ncc3[C@@H]21. The number of ether oxygens (including phenoxy) is 3. The summed E-state index contributed by atoms with van der Waals surface area (Å²) in [5.41, 5.74) is 1.16. The van der Waals surface area contributed by atoms with Crippen LogP contribution < -0.4 is 9.47 Å². The van der Waals surface area contributed by atoms with Crippen molar-refractivity contribution in [2.45, 2.75) is 63.8 Å². The lowest BCUT2D eigenvalue weighted by Gasteiger charge is -2.42. The van der Waals surface area contributed by atoms with Gasteiger partial charge in [0.1, 0.15) is 29.6 Å². The molecule has 2 N–H and O–H groups in total. The molecule has 3 aliphatic carbocycles. The van der Waals surface area contributed by atoms with E-state index in [1.807, 2.05) is 26.8 Å². The predicted molar refractivity (Wildman–Crippen MR) is 155 cm³/mol. The topological polar surface area (TPSA) is 98.1 Å². The molecule has 0 saturated heterocycles. The van der Waals surface area contributed by atoms with Crippen molar-refractivity contribution in [3.05, 3.63) is 75.9 Å². The van der Waals surface area contributed by atoms with Gasteiger partial charge in [0, 0.05) is 40.9 Å². The van der Waals surface area contributed by atoms with Crippen molar-refractivity contribution in [3.63, 3.8) is 0 Å². The molecule has 0 amide bonds. The summed E-state index contributed by atoms with van der Waals surface area (Å²) in [6.45, 7) is 5.48. The average molecular weight is 614 g/mol. The highest BCUT2D eigenvalue weighted by Crippen LogP contribution is 2.62. The highest BCUT2D eigenvalue weighted by Gasteiger charge is 2.61. The zero-order chi connectivity index (χ0) is 30.7. The maximum Gasteiger partial charge on any atom is 0.310 e. The van der Waals surface area contributed by atoms with Crippen LogP contribution in [0.5, 0.6) is 11.6 Å². The first kappa shape index (κ1) is 29.8. The van der Waals surface area contributed by atoms with Crippen molar-refractivity contribution in [1.29, 1.82) is 0 Å². The lowest BCUT2D eigenvalue weighted by Crippen LogP contribution is -2.48. The van der Waals surface area contributed by atoms with Gasteiger partial charge in [-0.15, -0.1) is 0 Å². The van der Waals surface area contributed by atoms with Crippen molar-refractivity contribution >= 4 is 17.6 Å². The summed E-state index contributed by atoms with van der Waals surface area (Å²) in [6.07, 6.45) is 3.35. The van der Waals surface area contributed by atoms with Crippen LogP contribution in [0.25, 0.3) is 11.1 Å². The summed E-state index contributed by atoms with van der Waals surface area (Å²) in [4.78, 5) is 16.9. The maximum absolute atomic E-state index is 14.9. The van der Waals surface area contributed by atoms with E-state index in [2.05, 4.69) is 4.98 Å². The fourth-order valence-electron chi connectivity index (χ4n) is 6.38. The summed E-state index contributed by atoms with van der Waals surface area (Å²) in [5.74, 6) is -0.598. The highest BCUT2D eigenvalue weighted by atomic mass is 35.5. The molecule has 7 nitrogen and oxygen atoms in total. The molecule has 1 aromatic heterocycles. The van der Waals surface area contributed by atoms with E-state index in [4.69, 9.17) is 25.8 Å². The van der Waals surface area contributed by atoms with Gasteiger partial charge in [-0.1, -0.05) is 11.6 Å². The fourth-order valence-corrected chi connectivity index (χ4v) is 6.65. The monoisotopic (exact) mass is 613 g/mol. The number of halogens is 3. The normalized spacial score (nSPS) is 25.4. The summed E-state index contributed by atoms with van der Waals surface area (Å²) >= 11 is 6.48. The number of carbonyl (C=O) groups excluding carboxylic acids is 1. The van der Waals surface area contributed by atoms with Crippen molar-refractivity contribution in [1.82, 2.24) is 4.98 Å². The zero-order valence-corrected chi connectivity index (χ0v) is 25.0. The Labute approximate surface area is 253 Å². The Kier molecular flexibility index (Phi) is 7.63. The minimum absolute atomic E-state index is 0.106. The number of hydrogen-bond donors (Lipinski definition) is 2. The molecule has 3 aliphatic rings. The number of pyridine rings is 1. The number of hydrogen-bond acceptors (Lipinski definition) is 7. The van der Waals surface area contributed by atoms with Gasteiger partial charge in [0.25, 0.3) is 0 Å². The number of aliphatic hydroxyl groups excluding tert-OH is 1. The van der Waals surface area contributed by atoms with Crippen molar-refractivity contribution < 1.29 is 38.0 Å². The van der Waals surface area contributed by atoms with Gasteiger partial charge in [-0.25, -0.2) is 13.8 Å². The number of nitrogens with zero attached hydrogens (tertiary/aromatic N) is 1. The molecule has 10 heteroatoms. The van der Waals surface area contributed by atoms with E-state index in [1.54, 1.807) is 24.4 Å². The Balaban J connectivity index is 1.10. The van der Waals surface area contributed by atoms with Gasteiger partial charge < -0.3 is 24.4 Å². The molecule has 3 aromatic rings. The van der Waals surface area contributed by atoms with Crippen molar-refractivity contribution in [2.24, 2.45) is 17.8 Å². The Morgan fingerprint density at radius 3 is 2.56 bits per heavy atom. The number of aliphatic hydroxyl groups is 2. The third kappa shape index (κ3) is 6.08. The largest absolute Gasteiger partial charge is 0.493 e. The maximum atomic E-state index is 14.9. The second kappa shape index (κ2) is 11.0. The molecule has 43 heavy (non-hydrogen) atoms. The molecule has 2 aromatic carbocycles. The summed E-state index contributed by atoms with van der Waals surface area (Å²) in [6, 6.07) is 8.85. The third-order valence-corrected chi connectivity index (χ3v) is 8.83. The quantitative estimate of drug-likeness (QED) is 0.286. The van der Waals surface area contributed by atoms with Crippen LogP contribution in [0, 0.1) is 29.4 Å². The molecule has 3 atom stereocenters. The average Bonchev–Trinajstić information content (AvgIpc) is 3.51. The van der Waals surface area contributed by atoms with E-state index in [0.29, 0.717) is 36.6 Å². The van der Waals surface area contributed by atoms with Crippen LogP contribution in [0.2, 0.25) is 5.02 Å². The van der Waals surface area contributed by atoms with Gasteiger partial charge in [-0.3, -0.25) is 4.79 Å². The van der Waals surface area contributed by atoms with Crippen LogP contribution in [0.1, 0.15) is 56.2 Å². The summed E-state index contributed by atoms with van der Waals surface area (Å²) < 4.78 is 46.8. The molecule has 228 valence electrons. The van der Waals surface area contributed by atoms with E-state index in [-0.39, 0.29) is 59.0 Å². The second-order valence-electron chi connectivity index (χ2n) is 13.0. The molecule has 0 aliphatic heterocycles. The minimum Gasteiger partial charge on any atom is -0.493 e. The molecule has 0 bridgehead atoms. The molecule has 0 spiro atoms. The molecule has 2 saturated carbocycles. The van der Waals surface area contributed by atoms with Crippen molar-refractivity contribution in [2.75, 3.05) is 13.2 Å². The summed E-state index contributed by atoms with van der Waals surface area (Å²) in [7, 11) is 0. The highest BCUT2D eigenvalue weighted by molar-refractivity contribution is 6.33. The molecule has 0 radical (unpaired) electrons. The van der Waals surface area contributed by atoms with E-state index in [1.165, 1.54) is 6.07 Å². The van der Waals surface area contributed by atoms with Gasteiger partial charge in [0.15, 0.2) is 0 Å². The Morgan fingerprint density at radius 2 is 1.86 bits per heavy atom. The Bertz CT molecular complexity index is 1570. The van der Waals surface area contributed by atoms with Crippen LogP contribution in [-0.2, 0) is 22.6 Å². The molecule has 1 heterocycles. The lowest BCUT2D eigenvalue weighted by atomic mass is 9.72. The number of benzene rings is 2. The number of aromatic nitrogens is 1. The molecular weight excluding hydrogens is 580 g/mol. The number of carbonyl (C=O) groups is 1. The minimum atomic E-state index is -1.03. The molecule has 0 unspecified atom stereocenters. The smallest absolute Gasteiger partial charge is 0.310 e. The van der Waals surface area contributed by atoms with Gasteiger partial charge in [0.05, 0.1) is 29.8 Å². The second-order valence-corrected chi connectivity index (χ2v) is 13.4. The van der Waals surface area contributed by atoms with Crippen molar-refractivity contribution in [3.8, 4) is 22.8 Å². The van der Waals surface area contributed by atoms with Gasteiger partial charge >= 0.3 is 5.97 Å². The molecular formula is C33H34ClF2NO6. The Morgan fingerprint density at radius 1 is 1.09 bits per heavy atom. The predicted octanol–water partition coefficient (Wildman–Crippen LogP) is 6.00. The van der Waals surface area contributed by atoms with Crippen LogP contribution in [0.4, 0.5) is 8.78 Å². The van der Waals surface area contributed by atoms with Crippen LogP contribution >= 0.6 is 11.6 Å². The lowest BCUT2D eigenvalue weighted by molar-refractivity contribution is -0.157. The first-order chi connectivity index (χ1) is 20.3. The fraction of sp³-hybridized carbons (Fsp3) is 0.455. The first-order valence-electron chi connectivity index (χ1n) is 14.4. The molecule has 2 fully saturated rings. The van der Waals surface area contributed by atoms with Gasteiger partial charge in [-0.05, 0) is 87.3 Å². The van der Waals surface area contributed by atoms with Crippen LogP contribution in [-0.4, -0.2) is 45.6 Å². The van der Waals surface area contributed by atoms with E-state index >= 15 is 0 Å². The number of fused-ring (bicyclic) bond motifs is 3. The first-order valence-corrected chi connectivity index (χ1v) is 14.8. The van der Waals surface area contributed by atoms with E-state index in [9.17, 15) is 23.8 Å². The van der Waals surface area contributed by atoms with E-state index < -0.39 is 22.8 Å². The molecule has 6 rings (SSSR count). The van der Waals surface area contributed by atoms with Gasteiger partial charge in [-0.2, -0.15) is 0 Å². The number of esters is 1. The standard InChI is InChI=1S/C33H34ClF2NO6/c1-32(2,3)43-31(39)30-23-6-18-8-28(37-13-24(18)29(23)30)42-15-19-7-22(27(36)10-26(19)35)21-5-4-20(9-25(21)34)41-14-17-11-33(40,12-17)16-38/h4-5,7-10,13,17,23,29-30,38,40H,6,11-12,14-16H2,1-3H3/t17?,23-,29+,30-,33?/m0/s1. The van der Waals surface area contributed by atoms with Gasteiger partial charge in [0.2, 0.25) is 5.88 Å². The zero-order valence-electron chi connectivity index (χ0n) is 24.2. The Hall–Kier alpha value is -3.27. The van der Waals surface area contributed by atoms with Crippen LogP contribution in [0.3, 0.4) is 0 Å².